The van der Waals surface area contributed by atoms with Crippen molar-refractivity contribution in [1.29, 1.82) is 0 Å². The van der Waals surface area contributed by atoms with E-state index in [2.05, 4.69) is 25.9 Å². The van der Waals surface area contributed by atoms with Crippen molar-refractivity contribution in [3.63, 3.8) is 0 Å². The van der Waals surface area contributed by atoms with Gasteiger partial charge in [0, 0.05) is 19.5 Å². The van der Waals surface area contributed by atoms with E-state index in [1.54, 1.807) is 31.2 Å². The monoisotopic (exact) mass is 590 g/mol. The number of aliphatic carboxylic acids is 1. The van der Waals surface area contributed by atoms with Gasteiger partial charge in [0.1, 0.15) is 18.1 Å². The van der Waals surface area contributed by atoms with Crippen LogP contribution in [0.2, 0.25) is 0 Å². The summed E-state index contributed by atoms with van der Waals surface area (Å²) in [5.41, 5.74) is 28.0. The fourth-order valence-electron chi connectivity index (χ4n) is 3.97. The number of carbonyl (C=O) groups excluding carboxylic acids is 3. The lowest BCUT2D eigenvalue weighted by Crippen LogP contribution is -2.59. The van der Waals surface area contributed by atoms with Gasteiger partial charge in [-0.2, -0.15) is 0 Å². The lowest BCUT2D eigenvalue weighted by atomic mass is 9.96. The lowest BCUT2D eigenvalue weighted by molar-refractivity contribution is -0.143. The number of guanidine groups is 2. The molecule has 0 bridgehead atoms. The first kappa shape index (κ1) is 35.6. The Morgan fingerprint density at radius 3 is 1.88 bits per heavy atom. The molecule has 234 valence electrons. The van der Waals surface area contributed by atoms with Crippen LogP contribution in [-0.4, -0.2) is 78.0 Å². The van der Waals surface area contributed by atoms with E-state index in [0.29, 0.717) is 25.8 Å². The average Bonchev–Trinajstić information content (AvgIpc) is 2.94. The van der Waals surface area contributed by atoms with Gasteiger partial charge in [0.2, 0.25) is 17.7 Å². The fourth-order valence-corrected chi connectivity index (χ4v) is 3.97. The van der Waals surface area contributed by atoms with Gasteiger partial charge in [0.15, 0.2) is 11.9 Å². The minimum absolute atomic E-state index is 0.0619. The van der Waals surface area contributed by atoms with E-state index >= 15 is 0 Å². The number of rotatable bonds is 19. The van der Waals surface area contributed by atoms with E-state index in [9.17, 15) is 24.3 Å². The third-order valence-electron chi connectivity index (χ3n) is 6.57. The lowest BCUT2D eigenvalue weighted by Gasteiger charge is -2.28. The summed E-state index contributed by atoms with van der Waals surface area (Å²) in [6, 6.07) is 4.78. The van der Waals surface area contributed by atoms with Crippen molar-refractivity contribution in [3.8, 4) is 0 Å². The zero-order valence-electron chi connectivity index (χ0n) is 24.3. The zero-order valence-corrected chi connectivity index (χ0v) is 24.3. The van der Waals surface area contributed by atoms with Crippen molar-refractivity contribution < 1.29 is 24.3 Å². The van der Waals surface area contributed by atoms with Crippen LogP contribution in [0.1, 0.15) is 51.5 Å². The van der Waals surface area contributed by atoms with Gasteiger partial charge in [-0.25, -0.2) is 4.79 Å². The second kappa shape index (κ2) is 18.9. The van der Waals surface area contributed by atoms with Crippen LogP contribution in [0.15, 0.2) is 40.3 Å². The Kier molecular flexibility index (Phi) is 16.0. The molecule has 0 aliphatic heterocycles. The summed E-state index contributed by atoms with van der Waals surface area (Å²) in [5, 5.41) is 17.6. The van der Waals surface area contributed by atoms with Crippen LogP contribution in [0.25, 0.3) is 0 Å². The number of aliphatic imine (C=N–C) groups is 2. The van der Waals surface area contributed by atoms with Crippen LogP contribution in [0.4, 0.5) is 0 Å². The van der Waals surface area contributed by atoms with Crippen molar-refractivity contribution in [2.75, 3.05) is 13.1 Å². The van der Waals surface area contributed by atoms with Crippen molar-refractivity contribution in [3.05, 3.63) is 35.9 Å². The average molecular weight is 591 g/mol. The molecule has 1 aromatic rings. The van der Waals surface area contributed by atoms with Crippen LogP contribution in [0, 0.1) is 5.92 Å². The first-order chi connectivity index (χ1) is 19.8. The largest absolute Gasteiger partial charge is 0.480 e. The molecule has 0 aliphatic rings. The molecule has 0 fully saturated rings. The molecule has 15 heteroatoms. The highest BCUT2D eigenvalue weighted by atomic mass is 16.4. The van der Waals surface area contributed by atoms with Gasteiger partial charge < -0.3 is 49.7 Å². The number of nitrogens with one attached hydrogen (secondary N) is 3. The normalized spacial score (nSPS) is 14.3. The second-order valence-corrected chi connectivity index (χ2v) is 10.0. The van der Waals surface area contributed by atoms with Crippen molar-refractivity contribution in [1.82, 2.24) is 16.0 Å². The van der Waals surface area contributed by atoms with E-state index in [1.807, 2.05) is 13.0 Å². The molecule has 3 amide bonds. The number of amides is 3. The van der Waals surface area contributed by atoms with E-state index in [-0.39, 0.29) is 43.6 Å². The molecule has 5 unspecified atom stereocenters. The molecule has 1 aromatic carbocycles. The highest BCUT2D eigenvalue weighted by molar-refractivity contribution is 5.94. The number of hydrogen-bond donors (Lipinski definition) is 9. The number of nitrogens with zero attached hydrogens (tertiary/aromatic N) is 2. The molecule has 15 nitrogen and oxygen atoms in total. The van der Waals surface area contributed by atoms with E-state index in [0.717, 1.165) is 5.56 Å². The molecule has 5 atom stereocenters. The summed E-state index contributed by atoms with van der Waals surface area (Å²) in [7, 11) is 0. The topological polar surface area (TPSA) is 279 Å². The quantitative estimate of drug-likeness (QED) is 0.0497. The summed E-state index contributed by atoms with van der Waals surface area (Å²) < 4.78 is 0. The molecule has 1 rings (SSSR count). The standard InChI is InChI=1S/C27H46N10O5/c1-3-16(2)21(24(40)35-19(25(41)42)12-8-14-34-27(31)32)37-23(39)20(15-17-9-5-4-6-10-17)36-22(38)18(28)11-7-13-33-26(29)30/h4-6,9-10,16,18-21H,3,7-8,11-15,28H2,1-2H3,(H,35,40)(H,36,38)(H,37,39)(H,41,42)(H4,29,30,33)(H4,31,32,34). The minimum atomic E-state index is -1.23. The maximum absolute atomic E-state index is 13.5. The molecule has 0 radical (unpaired) electrons. The van der Waals surface area contributed by atoms with Crippen LogP contribution in [-0.2, 0) is 25.6 Å². The maximum atomic E-state index is 13.5. The Morgan fingerprint density at radius 2 is 1.36 bits per heavy atom. The molecule has 0 spiro atoms. The first-order valence-corrected chi connectivity index (χ1v) is 13.9. The number of carboxylic acid groups (broad SMARTS) is 1. The van der Waals surface area contributed by atoms with Gasteiger partial charge in [-0.15, -0.1) is 0 Å². The van der Waals surface area contributed by atoms with Gasteiger partial charge in [0.05, 0.1) is 6.04 Å². The molecule has 0 aliphatic carbocycles. The van der Waals surface area contributed by atoms with E-state index in [1.165, 1.54) is 0 Å². The predicted molar refractivity (Wildman–Crippen MR) is 161 cm³/mol. The smallest absolute Gasteiger partial charge is 0.326 e. The second-order valence-electron chi connectivity index (χ2n) is 10.0. The Hall–Kier alpha value is -4.40. The third kappa shape index (κ3) is 13.8. The molecule has 42 heavy (non-hydrogen) atoms. The molecule has 14 N–H and O–H groups in total. The van der Waals surface area contributed by atoms with E-state index < -0.39 is 47.9 Å². The SMILES string of the molecule is CCC(C)C(NC(=O)C(Cc1ccccc1)NC(=O)C(N)CCCN=C(N)N)C(=O)NC(CCCN=C(N)N)C(=O)O. The maximum Gasteiger partial charge on any atom is 0.326 e. The summed E-state index contributed by atoms with van der Waals surface area (Å²) in [6.45, 7) is 4.10. The molecule has 0 saturated carbocycles. The molecule has 0 aromatic heterocycles. The van der Waals surface area contributed by atoms with Crippen LogP contribution >= 0.6 is 0 Å². The number of benzene rings is 1. The van der Waals surface area contributed by atoms with E-state index in [4.69, 9.17) is 28.7 Å². The zero-order chi connectivity index (χ0) is 31.7. The first-order valence-electron chi connectivity index (χ1n) is 13.9. The van der Waals surface area contributed by atoms with Crippen molar-refractivity contribution in [2.45, 2.75) is 76.5 Å². The van der Waals surface area contributed by atoms with Crippen LogP contribution < -0.4 is 44.6 Å². The number of carboxylic acids is 1. The number of carbonyl (C=O) groups is 4. The number of hydrogen-bond acceptors (Lipinski definition) is 7. The fraction of sp³-hybridized carbons (Fsp3) is 0.556. The summed E-state index contributed by atoms with van der Waals surface area (Å²) in [5.74, 6) is -3.58. The minimum Gasteiger partial charge on any atom is -0.480 e. The third-order valence-corrected chi connectivity index (χ3v) is 6.57. The van der Waals surface area contributed by atoms with Gasteiger partial charge >= 0.3 is 5.97 Å². The van der Waals surface area contributed by atoms with Crippen molar-refractivity contribution >= 4 is 35.6 Å². The molecule has 0 heterocycles. The summed E-state index contributed by atoms with van der Waals surface area (Å²) in [4.78, 5) is 59.2. The molecular formula is C27H46N10O5. The summed E-state index contributed by atoms with van der Waals surface area (Å²) >= 11 is 0. The molecular weight excluding hydrogens is 544 g/mol. The molecule has 0 saturated heterocycles. The van der Waals surface area contributed by atoms with Gasteiger partial charge in [0.25, 0.3) is 0 Å². The van der Waals surface area contributed by atoms with Crippen LogP contribution in [0.5, 0.6) is 0 Å². The van der Waals surface area contributed by atoms with Gasteiger partial charge in [-0.05, 0) is 37.2 Å². The Balaban J connectivity index is 3.05. The van der Waals surface area contributed by atoms with Gasteiger partial charge in [-0.3, -0.25) is 24.4 Å². The Labute approximate surface area is 246 Å². The predicted octanol–water partition coefficient (Wildman–Crippen LogP) is -1.75. The number of nitrogens with two attached hydrogens (primary N) is 5. The Morgan fingerprint density at radius 1 is 0.810 bits per heavy atom. The Bertz CT molecular complexity index is 1070. The summed E-state index contributed by atoms with van der Waals surface area (Å²) in [6.07, 6.45) is 1.77. The highest BCUT2D eigenvalue weighted by Gasteiger charge is 2.32. The highest BCUT2D eigenvalue weighted by Crippen LogP contribution is 2.12. The van der Waals surface area contributed by atoms with Crippen molar-refractivity contribution in [2.24, 2.45) is 44.6 Å². The van der Waals surface area contributed by atoms with Gasteiger partial charge in [-0.1, -0.05) is 50.6 Å². The van der Waals surface area contributed by atoms with Crippen LogP contribution in [0.3, 0.4) is 0 Å².